The molecule has 1 heterocycles. The van der Waals surface area contributed by atoms with Crippen LogP contribution in [0.2, 0.25) is 0 Å². The van der Waals surface area contributed by atoms with Crippen molar-refractivity contribution in [1.29, 1.82) is 0 Å². The molecule has 5 nitrogen and oxygen atoms in total. The van der Waals surface area contributed by atoms with Gasteiger partial charge in [-0.2, -0.15) is 15.0 Å². The second kappa shape index (κ2) is 7.53. The predicted molar refractivity (Wildman–Crippen MR) is 77.9 cm³/mol. The van der Waals surface area contributed by atoms with Crippen molar-refractivity contribution in [2.24, 2.45) is 0 Å². The van der Waals surface area contributed by atoms with Gasteiger partial charge in [0.2, 0.25) is 5.95 Å². The molecule has 106 valence electrons. The Morgan fingerprint density at radius 1 is 1.21 bits per heavy atom. The minimum Gasteiger partial charge on any atom is -0.464 e. The van der Waals surface area contributed by atoms with E-state index in [2.05, 4.69) is 27.2 Å². The molecule has 1 saturated carbocycles. The van der Waals surface area contributed by atoms with Crippen LogP contribution >= 0.6 is 11.8 Å². The molecule has 0 atom stereocenters. The lowest BCUT2D eigenvalue weighted by molar-refractivity contribution is 0.308. The van der Waals surface area contributed by atoms with E-state index in [0.29, 0.717) is 23.8 Å². The second-order valence-electron chi connectivity index (χ2n) is 4.61. The largest absolute Gasteiger partial charge is 0.464 e. The summed E-state index contributed by atoms with van der Waals surface area (Å²) in [5.74, 6) is 0.626. The van der Waals surface area contributed by atoms with Crippen molar-refractivity contribution < 1.29 is 4.74 Å². The average Bonchev–Trinajstić information content (AvgIpc) is 2.89. The Bertz CT molecular complexity index is 396. The number of nitrogens with one attached hydrogen (secondary N) is 1. The number of nitrogens with zero attached hydrogens (tertiary/aromatic N) is 3. The Kier molecular flexibility index (Phi) is 5.69. The van der Waals surface area contributed by atoms with Gasteiger partial charge >= 0.3 is 6.01 Å². The van der Waals surface area contributed by atoms with Crippen molar-refractivity contribution in [2.75, 3.05) is 18.5 Å². The van der Waals surface area contributed by atoms with Crippen LogP contribution < -0.4 is 10.1 Å². The maximum absolute atomic E-state index is 5.42. The summed E-state index contributed by atoms with van der Waals surface area (Å²) in [5.41, 5.74) is 0. The van der Waals surface area contributed by atoms with Gasteiger partial charge < -0.3 is 10.1 Å². The molecule has 19 heavy (non-hydrogen) atoms. The van der Waals surface area contributed by atoms with E-state index in [0.717, 1.165) is 18.1 Å². The zero-order valence-electron chi connectivity index (χ0n) is 11.7. The highest BCUT2D eigenvalue weighted by Crippen LogP contribution is 2.33. The van der Waals surface area contributed by atoms with Gasteiger partial charge in [0.1, 0.15) is 0 Å². The van der Waals surface area contributed by atoms with Crippen LogP contribution in [0.15, 0.2) is 5.16 Å². The quantitative estimate of drug-likeness (QED) is 0.829. The molecule has 0 aliphatic heterocycles. The van der Waals surface area contributed by atoms with Crippen LogP contribution in [0, 0.1) is 0 Å². The summed E-state index contributed by atoms with van der Waals surface area (Å²) in [6, 6.07) is 0.427. The first-order valence-electron chi connectivity index (χ1n) is 7.11. The maximum Gasteiger partial charge on any atom is 0.322 e. The van der Waals surface area contributed by atoms with Crippen LogP contribution in [-0.4, -0.2) is 33.4 Å². The van der Waals surface area contributed by atoms with Crippen LogP contribution in [0.25, 0.3) is 0 Å². The SMILES string of the molecule is CCCNc1nc(OCC)nc(SC2CCCC2)n1. The molecular formula is C13H22N4OS. The smallest absolute Gasteiger partial charge is 0.322 e. The molecule has 0 unspecified atom stereocenters. The Morgan fingerprint density at radius 3 is 2.68 bits per heavy atom. The summed E-state index contributed by atoms with van der Waals surface area (Å²) in [5, 5.41) is 4.63. The summed E-state index contributed by atoms with van der Waals surface area (Å²) in [6.45, 7) is 5.49. The summed E-state index contributed by atoms with van der Waals surface area (Å²) in [4.78, 5) is 13.1. The number of ether oxygens (including phenoxy) is 1. The van der Waals surface area contributed by atoms with Crippen molar-refractivity contribution in [2.45, 2.75) is 56.4 Å². The number of hydrogen-bond donors (Lipinski definition) is 1. The highest BCUT2D eigenvalue weighted by molar-refractivity contribution is 7.99. The van der Waals surface area contributed by atoms with Crippen LogP contribution in [0.3, 0.4) is 0 Å². The molecule has 0 bridgehead atoms. The van der Waals surface area contributed by atoms with E-state index < -0.39 is 0 Å². The van der Waals surface area contributed by atoms with E-state index >= 15 is 0 Å². The third kappa shape index (κ3) is 4.53. The molecule has 0 saturated heterocycles. The first kappa shape index (κ1) is 14.4. The summed E-state index contributed by atoms with van der Waals surface area (Å²) in [6.07, 6.45) is 6.21. The van der Waals surface area contributed by atoms with Gasteiger partial charge in [-0.05, 0) is 26.2 Å². The molecule has 0 radical (unpaired) electrons. The Labute approximate surface area is 119 Å². The first-order valence-corrected chi connectivity index (χ1v) is 7.99. The highest BCUT2D eigenvalue weighted by atomic mass is 32.2. The fourth-order valence-electron chi connectivity index (χ4n) is 2.06. The second-order valence-corrected chi connectivity index (χ2v) is 5.88. The van der Waals surface area contributed by atoms with Crippen molar-refractivity contribution in [3.05, 3.63) is 0 Å². The zero-order valence-corrected chi connectivity index (χ0v) is 12.5. The molecule has 2 rings (SSSR count). The van der Waals surface area contributed by atoms with Gasteiger partial charge in [0.15, 0.2) is 5.16 Å². The van der Waals surface area contributed by atoms with Gasteiger partial charge in [0.25, 0.3) is 0 Å². The lowest BCUT2D eigenvalue weighted by Crippen LogP contribution is -2.09. The van der Waals surface area contributed by atoms with Crippen molar-refractivity contribution >= 4 is 17.7 Å². The number of hydrogen-bond acceptors (Lipinski definition) is 6. The number of aromatic nitrogens is 3. The molecule has 1 N–H and O–H groups in total. The fourth-order valence-corrected chi connectivity index (χ4v) is 3.19. The Balaban J connectivity index is 2.07. The summed E-state index contributed by atoms with van der Waals surface area (Å²) in [7, 11) is 0. The van der Waals surface area contributed by atoms with Gasteiger partial charge in [0.05, 0.1) is 6.61 Å². The van der Waals surface area contributed by atoms with E-state index in [1.54, 1.807) is 11.8 Å². The monoisotopic (exact) mass is 282 g/mol. The molecule has 0 aromatic carbocycles. The van der Waals surface area contributed by atoms with Gasteiger partial charge in [-0.1, -0.05) is 31.5 Å². The van der Waals surface area contributed by atoms with E-state index in [-0.39, 0.29) is 0 Å². The van der Waals surface area contributed by atoms with Crippen LogP contribution in [0.5, 0.6) is 6.01 Å². The van der Waals surface area contributed by atoms with E-state index in [9.17, 15) is 0 Å². The topological polar surface area (TPSA) is 59.9 Å². The molecule has 1 aromatic rings. The molecule has 6 heteroatoms. The van der Waals surface area contributed by atoms with Crippen molar-refractivity contribution in [3.8, 4) is 6.01 Å². The molecule has 1 aliphatic rings. The van der Waals surface area contributed by atoms with E-state index in [4.69, 9.17) is 4.74 Å². The van der Waals surface area contributed by atoms with Crippen LogP contribution in [0.4, 0.5) is 5.95 Å². The van der Waals surface area contributed by atoms with Crippen LogP contribution in [0.1, 0.15) is 46.0 Å². The van der Waals surface area contributed by atoms with E-state index in [1.165, 1.54) is 25.7 Å². The molecular weight excluding hydrogens is 260 g/mol. The van der Waals surface area contributed by atoms with Gasteiger partial charge in [0, 0.05) is 11.8 Å². The average molecular weight is 282 g/mol. The summed E-state index contributed by atoms with van der Waals surface area (Å²) < 4.78 is 5.42. The Morgan fingerprint density at radius 2 is 2.00 bits per heavy atom. The van der Waals surface area contributed by atoms with Gasteiger partial charge in [-0.15, -0.1) is 0 Å². The minimum absolute atomic E-state index is 0.427. The maximum atomic E-state index is 5.42. The molecule has 1 aliphatic carbocycles. The molecule has 0 amide bonds. The normalized spacial score (nSPS) is 15.7. The number of rotatable bonds is 7. The summed E-state index contributed by atoms with van der Waals surface area (Å²) >= 11 is 1.76. The third-order valence-electron chi connectivity index (χ3n) is 2.98. The fraction of sp³-hybridized carbons (Fsp3) is 0.769. The highest BCUT2D eigenvalue weighted by Gasteiger charge is 2.18. The molecule has 0 spiro atoms. The van der Waals surface area contributed by atoms with Gasteiger partial charge in [-0.25, -0.2) is 0 Å². The molecule has 1 aromatic heterocycles. The van der Waals surface area contributed by atoms with E-state index in [1.807, 2.05) is 6.92 Å². The lowest BCUT2D eigenvalue weighted by Gasteiger charge is -2.10. The van der Waals surface area contributed by atoms with Crippen molar-refractivity contribution in [1.82, 2.24) is 15.0 Å². The number of anilines is 1. The van der Waals surface area contributed by atoms with Gasteiger partial charge in [-0.3, -0.25) is 0 Å². The minimum atomic E-state index is 0.427. The predicted octanol–water partition coefficient (Wildman–Crippen LogP) is 3.13. The molecule has 1 fully saturated rings. The third-order valence-corrected chi connectivity index (χ3v) is 4.17. The van der Waals surface area contributed by atoms with Crippen LogP contribution in [-0.2, 0) is 0 Å². The standard InChI is InChI=1S/C13H22N4OS/c1-3-9-14-11-15-12(18-4-2)17-13(16-11)19-10-7-5-6-8-10/h10H,3-9H2,1-2H3,(H,14,15,16,17). The Hall–Kier alpha value is -1.04. The van der Waals surface area contributed by atoms with Crippen molar-refractivity contribution in [3.63, 3.8) is 0 Å². The lowest BCUT2D eigenvalue weighted by atomic mass is 10.4. The zero-order chi connectivity index (χ0) is 13.5. The number of thioether (sulfide) groups is 1. The first-order chi connectivity index (χ1) is 9.31.